The summed E-state index contributed by atoms with van der Waals surface area (Å²) in [6.07, 6.45) is 4.48. The van der Waals surface area contributed by atoms with Crippen LogP contribution in [0.4, 0.5) is 0 Å². The highest BCUT2D eigenvalue weighted by atomic mass is 32.1. The molecule has 1 N–H and O–H groups in total. The van der Waals surface area contributed by atoms with Gasteiger partial charge in [0.15, 0.2) is 0 Å². The van der Waals surface area contributed by atoms with Crippen LogP contribution in [-0.4, -0.2) is 52.8 Å². The van der Waals surface area contributed by atoms with Gasteiger partial charge in [-0.1, -0.05) is 36.4 Å². The summed E-state index contributed by atoms with van der Waals surface area (Å²) < 4.78 is 0. The quantitative estimate of drug-likeness (QED) is 0.406. The molecule has 6 heteroatoms. The molecule has 0 unspecified atom stereocenters. The number of likely N-dealkylation sites (N-methyl/N-ethyl adjacent to an activating group) is 1. The molecule has 0 radical (unpaired) electrons. The Bertz CT molecular complexity index is 1260. The largest absolute Gasteiger partial charge is 0.361 e. The first-order chi connectivity index (χ1) is 16.6. The SMILES string of the molecule is CN(C(=O)c1cccs1)[C@@H](Cc1ccccc1)C1CCN(C(=O)c2ccc3[nH]ccc3c2)CC1. The van der Waals surface area contributed by atoms with E-state index in [0.717, 1.165) is 40.6 Å². The van der Waals surface area contributed by atoms with Crippen LogP contribution >= 0.6 is 11.3 Å². The highest BCUT2D eigenvalue weighted by Gasteiger charge is 2.33. The van der Waals surface area contributed by atoms with Crippen molar-refractivity contribution < 1.29 is 9.59 Å². The second kappa shape index (κ2) is 9.85. The Balaban J connectivity index is 1.30. The van der Waals surface area contributed by atoms with Crippen LogP contribution in [0.5, 0.6) is 0 Å². The minimum absolute atomic E-state index is 0.0780. The Labute approximate surface area is 204 Å². The Morgan fingerprint density at radius 3 is 2.59 bits per heavy atom. The number of hydrogen-bond donors (Lipinski definition) is 1. The lowest BCUT2D eigenvalue weighted by Crippen LogP contribution is -2.48. The number of rotatable bonds is 6. The van der Waals surface area contributed by atoms with Crippen molar-refractivity contribution in [2.45, 2.75) is 25.3 Å². The van der Waals surface area contributed by atoms with Crippen molar-refractivity contribution >= 4 is 34.1 Å². The molecule has 5 rings (SSSR count). The maximum absolute atomic E-state index is 13.2. The smallest absolute Gasteiger partial charge is 0.263 e. The van der Waals surface area contributed by atoms with Gasteiger partial charge < -0.3 is 14.8 Å². The maximum atomic E-state index is 13.2. The van der Waals surface area contributed by atoms with E-state index in [4.69, 9.17) is 0 Å². The number of aromatic amines is 1. The highest BCUT2D eigenvalue weighted by molar-refractivity contribution is 7.12. The summed E-state index contributed by atoms with van der Waals surface area (Å²) in [5.74, 6) is 0.503. The van der Waals surface area contributed by atoms with Gasteiger partial charge in [0, 0.05) is 48.8 Å². The topological polar surface area (TPSA) is 56.4 Å². The summed E-state index contributed by atoms with van der Waals surface area (Å²) in [4.78, 5) is 34.2. The molecular weight excluding hydrogens is 442 g/mol. The Morgan fingerprint density at radius 1 is 1.06 bits per heavy atom. The van der Waals surface area contributed by atoms with Crippen LogP contribution in [0.25, 0.3) is 10.9 Å². The number of hydrogen-bond acceptors (Lipinski definition) is 3. The van der Waals surface area contributed by atoms with Crippen LogP contribution in [0, 0.1) is 5.92 Å². The molecule has 1 atom stereocenters. The second-order valence-corrected chi connectivity index (χ2v) is 10.0. The Kier molecular flexibility index (Phi) is 6.50. The number of benzene rings is 2. The number of thiophene rings is 1. The van der Waals surface area contributed by atoms with Crippen molar-refractivity contribution in [1.82, 2.24) is 14.8 Å². The van der Waals surface area contributed by atoms with Crippen molar-refractivity contribution in [3.05, 3.63) is 94.3 Å². The van der Waals surface area contributed by atoms with Crippen LogP contribution in [-0.2, 0) is 6.42 Å². The van der Waals surface area contributed by atoms with E-state index in [1.807, 2.05) is 70.9 Å². The standard InChI is InChI=1S/C28H29N3O2S/c1-30(28(33)26-8-5-17-34-26)25(18-20-6-3-2-4-7-20)21-12-15-31(16-13-21)27(32)23-9-10-24-22(19-23)11-14-29-24/h2-11,14,17,19,21,25,29H,12-13,15-16,18H2,1H3/t25-/m0/s1. The molecule has 1 aliphatic rings. The van der Waals surface area contributed by atoms with E-state index >= 15 is 0 Å². The van der Waals surface area contributed by atoms with Gasteiger partial charge in [-0.25, -0.2) is 0 Å². The summed E-state index contributed by atoms with van der Waals surface area (Å²) in [5.41, 5.74) is 3.01. The van der Waals surface area contributed by atoms with Gasteiger partial charge in [0.25, 0.3) is 11.8 Å². The van der Waals surface area contributed by atoms with Crippen LogP contribution in [0.1, 0.15) is 38.4 Å². The van der Waals surface area contributed by atoms with E-state index in [0.29, 0.717) is 19.0 Å². The van der Waals surface area contributed by atoms with E-state index in [2.05, 4.69) is 29.2 Å². The summed E-state index contributed by atoms with van der Waals surface area (Å²) in [5, 5.41) is 3.00. The predicted molar refractivity (Wildman–Crippen MR) is 137 cm³/mol. The first-order valence-corrected chi connectivity index (χ1v) is 12.7. The fraction of sp³-hybridized carbons (Fsp3) is 0.286. The van der Waals surface area contributed by atoms with Gasteiger partial charge in [-0.15, -0.1) is 11.3 Å². The number of piperidine rings is 1. The van der Waals surface area contributed by atoms with Gasteiger partial charge in [0.2, 0.25) is 0 Å². The molecule has 34 heavy (non-hydrogen) atoms. The lowest BCUT2D eigenvalue weighted by atomic mass is 9.84. The lowest BCUT2D eigenvalue weighted by molar-refractivity contribution is 0.0525. The van der Waals surface area contributed by atoms with Gasteiger partial charge in [-0.05, 0) is 66.5 Å². The highest BCUT2D eigenvalue weighted by Crippen LogP contribution is 2.29. The minimum atomic E-state index is 0.0780. The molecule has 3 heterocycles. The number of carbonyl (C=O) groups is 2. The number of nitrogens with one attached hydrogen (secondary N) is 1. The van der Waals surface area contributed by atoms with Gasteiger partial charge in [0.05, 0.1) is 4.88 Å². The first-order valence-electron chi connectivity index (χ1n) is 11.8. The number of aromatic nitrogens is 1. The third-order valence-electron chi connectivity index (χ3n) is 7.01. The van der Waals surface area contributed by atoms with Crippen LogP contribution in [0.15, 0.2) is 78.3 Å². The molecule has 1 saturated heterocycles. The van der Waals surface area contributed by atoms with Crippen molar-refractivity contribution in [1.29, 1.82) is 0 Å². The van der Waals surface area contributed by atoms with Gasteiger partial charge in [0.1, 0.15) is 0 Å². The number of fused-ring (bicyclic) bond motifs is 1. The molecule has 1 fully saturated rings. The monoisotopic (exact) mass is 471 g/mol. The zero-order chi connectivity index (χ0) is 23.5. The van der Waals surface area contributed by atoms with Gasteiger partial charge in [-0.3, -0.25) is 9.59 Å². The molecule has 5 nitrogen and oxygen atoms in total. The molecule has 0 aliphatic carbocycles. The van der Waals surface area contributed by atoms with E-state index in [-0.39, 0.29) is 17.9 Å². The fourth-order valence-corrected chi connectivity index (χ4v) is 5.76. The van der Waals surface area contributed by atoms with Crippen molar-refractivity contribution in [3.63, 3.8) is 0 Å². The summed E-state index contributed by atoms with van der Waals surface area (Å²) in [6, 6.07) is 22.1. The molecule has 2 amide bonds. The Morgan fingerprint density at radius 2 is 1.85 bits per heavy atom. The average molecular weight is 472 g/mol. The first kappa shape index (κ1) is 22.4. The van der Waals surface area contributed by atoms with Gasteiger partial charge in [-0.2, -0.15) is 0 Å². The third kappa shape index (κ3) is 4.64. The van der Waals surface area contributed by atoms with Crippen molar-refractivity contribution in [3.8, 4) is 0 Å². The van der Waals surface area contributed by atoms with E-state index in [9.17, 15) is 9.59 Å². The maximum Gasteiger partial charge on any atom is 0.263 e. The molecular formula is C28H29N3O2S. The fourth-order valence-electron chi connectivity index (χ4n) is 5.06. The Hall–Kier alpha value is -3.38. The predicted octanol–water partition coefficient (Wildman–Crippen LogP) is 5.47. The molecule has 0 spiro atoms. The number of likely N-dealkylation sites (tertiary alicyclic amines) is 1. The molecule has 174 valence electrons. The van der Waals surface area contributed by atoms with E-state index in [1.165, 1.54) is 16.9 Å². The van der Waals surface area contributed by atoms with E-state index < -0.39 is 0 Å². The van der Waals surface area contributed by atoms with Crippen molar-refractivity contribution in [2.24, 2.45) is 5.92 Å². The van der Waals surface area contributed by atoms with Crippen molar-refractivity contribution in [2.75, 3.05) is 20.1 Å². The normalized spacial score (nSPS) is 15.4. The molecule has 1 aliphatic heterocycles. The average Bonchev–Trinajstić information content (AvgIpc) is 3.59. The molecule has 4 aromatic rings. The number of nitrogens with zero attached hydrogens (tertiary/aromatic N) is 2. The summed E-state index contributed by atoms with van der Waals surface area (Å²) >= 11 is 1.49. The van der Waals surface area contributed by atoms with Crippen LogP contribution < -0.4 is 0 Å². The van der Waals surface area contributed by atoms with Crippen LogP contribution in [0.2, 0.25) is 0 Å². The van der Waals surface area contributed by atoms with Crippen LogP contribution in [0.3, 0.4) is 0 Å². The number of carbonyl (C=O) groups excluding carboxylic acids is 2. The van der Waals surface area contributed by atoms with Gasteiger partial charge >= 0.3 is 0 Å². The zero-order valence-electron chi connectivity index (χ0n) is 19.3. The molecule has 2 aromatic heterocycles. The molecule has 0 saturated carbocycles. The second-order valence-electron chi connectivity index (χ2n) is 9.06. The summed E-state index contributed by atoms with van der Waals surface area (Å²) in [6.45, 7) is 1.42. The zero-order valence-corrected chi connectivity index (χ0v) is 20.1. The summed E-state index contributed by atoms with van der Waals surface area (Å²) in [7, 11) is 1.93. The lowest BCUT2D eigenvalue weighted by Gasteiger charge is -2.40. The minimum Gasteiger partial charge on any atom is -0.361 e. The van der Waals surface area contributed by atoms with E-state index in [1.54, 1.807) is 0 Å². The number of amides is 2. The number of H-pyrrole nitrogens is 1. The molecule has 0 bridgehead atoms. The third-order valence-corrected chi connectivity index (χ3v) is 7.87. The molecule has 2 aromatic carbocycles.